The molecule has 0 saturated heterocycles. The summed E-state index contributed by atoms with van der Waals surface area (Å²) in [6, 6.07) is 0. The van der Waals surface area contributed by atoms with Gasteiger partial charge in [0, 0.05) is 19.6 Å². The van der Waals surface area contributed by atoms with Crippen molar-refractivity contribution < 1.29 is 9.53 Å². The minimum Gasteiger partial charge on any atom is -0.444 e. The third kappa shape index (κ3) is 8.98. The average molecular weight is 244 g/mol. The zero-order valence-corrected chi connectivity index (χ0v) is 12.0. The number of rotatable bonds is 7. The van der Waals surface area contributed by atoms with Crippen molar-refractivity contribution in [3.05, 3.63) is 0 Å². The van der Waals surface area contributed by atoms with Gasteiger partial charge in [-0.2, -0.15) is 0 Å². The third-order valence-corrected chi connectivity index (χ3v) is 2.30. The van der Waals surface area contributed by atoms with Crippen molar-refractivity contribution in [3.63, 3.8) is 0 Å². The minimum absolute atomic E-state index is 0.225. The van der Waals surface area contributed by atoms with Crippen LogP contribution in [0, 0.1) is 0 Å². The van der Waals surface area contributed by atoms with Crippen molar-refractivity contribution in [1.82, 2.24) is 10.2 Å². The fourth-order valence-electron chi connectivity index (χ4n) is 1.35. The van der Waals surface area contributed by atoms with Gasteiger partial charge in [-0.3, -0.25) is 0 Å². The first-order valence-corrected chi connectivity index (χ1v) is 6.59. The van der Waals surface area contributed by atoms with Crippen molar-refractivity contribution in [2.75, 3.05) is 26.2 Å². The number of nitrogens with one attached hydrogen (secondary N) is 1. The number of unbranched alkanes of at least 4 members (excludes halogenated alkanes) is 1. The van der Waals surface area contributed by atoms with E-state index in [1.54, 1.807) is 4.90 Å². The third-order valence-electron chi connectivity index (χ3n) is 2.30. The maximum atomic E-state index is 11.8. The minimum atomic E-state index is -0.417. The fourth-order valence-corrected chi connectivity index (χ4v) is 1.35. The van der Waals surface area contributed by atoms with Gasteiger partial charge in [-0.1, -0.05) is 13.3 Å². The van der Waals surface area contributed by atoms with Gasteiger partial charge in [-0.15, -0.1) is 0 Å². The van der Waals surface area contributed by atoms with Gasteiger partial charge in [0.15, 0.2) is 0 Å². The maximum Gasteiger partial charge on any atom is 0.410 e. The van der Waals surface area contributed by atoms with E-state index in [1.807, 2.05) is 27.7 Å². The quantitative estimate of drug-likeness (QED) is 0.700. The molecular formula is C13H28N2O2. The SMILES string of the molecule is CCCCNCCN(CC)C(=O)OC(C)(C)C. The second kappa shape index (κ2) is 8.34. The molecule has 0 aromatic heterocycles. The van der Waals surface area contributed by atoms with Crippen LogP contribution >= 0.6 is 0 Å². The van der Waals surface area contributed by atoms with Gasteiger partial charge in [0.2, 0.25) is 0 Å². The lowest BCUT2D eigenvalue weighted by molar-refractivity contribution is 0.0262. The van der Waals surface area contributed by atoms with Crippen molar-refractivity contribution in [1.29, 1.82) is 0 Å². The number of hydrogen-bond donors (Lipinski definition) is 1. The molecule has 0 aliphatic heterocycles. The average Bonchev–Trinajstić information content (AvgIpc) is 2.20. The number of amides is 1. The first-order chi connectivity index (χ1) is 7.90. The number of hydrogen-bond acceptors (Lipinski definition) is 3. The molecule has 1 N–H and O–H groups in total. The van der Waals surface area contributed by atoms with Gasteiger partial charge in [0.05, 0.1) is 0 Å². The van der Waals surface area contributed by atoms with E-state index in [-0.39, 0.29) is 6.09 Å². The first kappa shape index (κ1) is 16.2. The van der Waals surface area contributed by atoms with Crippen LogP contribution in [0.5, 0.6) is 0 Å². The topological polar surface area (TPSA) is 41.6 Å². The van der Waals surface area contributed by atoms with Gasteiger partial charge < -0.3 is 15.0 Å². The molecule has 0 bridgehead atoms. The summed E-state index contributed by atoms with van der Waals surface area (Å²) >= 11 is 0. The molecule has 0 aliphatic rings. The van der Waals surface area contributed by atoms with E-state index in [4.69, 9.17) is 4.74 Å². The van der Waals surface area contributed by atoms with Crippen LogP contribution in [0.15, 0.2) is 0 Å². The lowest BCUT2D eigenvalue weighted by atomic mass is 10.2. The number of carbonyl (C=O) groups excluding carboxylic acids is 1. The molecule has 0 atom stereocenters. The fraction of sp³-hybridized carbons (Fsp3) is 0.923. The van der Waals surface area contributed by atoms with Crippen LogP contribution in [0.4, 0.5) is 4.79 Å². The smallest absolute Gasteiger partial charge is 0.410 e. The van der Waals surface area contributed by atoms with E-state index in [9.17, 15) is 4.79 Å². The Hall–Kier alpha value is -0.770. The molecule has 17 heavy (non-hydrogen) atoms. The van der Waals surface area contributed by atoms with Crippen molar-refractivity contribution in [3.8, 4) is 0 Å². The molecule has 102 valence electrons. The predicted octanol–water partition coefficient (Wildman–Crippen LogP) is 2.63. The summed E-state index contributed by atoms with van der Waals surface area (Å²) in [6.07, 6.45) is 2.15. The first-order valence-electron chi connectivity index (χ1n) is 6.59. The largest absolute Gasteiger partial charge is 0.444 e. The normalized spacial score (nSPS) is 11.4. The number of likely N-dealkylation sites (N-methyl/N-ethyl adjacent to an activating group) is 1. The molecule has 4 nitrogen and oxygen atoms in total. The Morgan fingerprint density at radius 1 is 1.24 bits per heavy atom. The molecule has 0 aromatic carbocycles. The van der Waals surface area contributed by atoms with Gasteiger partial charge >= 0.3 is 6.09 Å². The summed E-state index contributed by atoms with van der Waals surface area (Å²) in [5.41, 5.74) is -0.417. The molecule has 0 heterocycles. The van der Waals surface area contributed by atoms with E-state index in [1.165, 1.54) is 12.8 Å². The Bertz CT molecular complexity index is 212. The second-order valence-corrected chi connectivity index (χ2v) is 5.16. The van der Waals surface area contributed by atoms with Crippen LogP contribution in [0.1, 0.15) is 47.5 Å². The van der Waals surface area contributed by atoms with Crippen molar-refractivity contribution in [2.24, 2.45) is 0 Å². The van der Waals surface area contributed by atoms with E-state index < -0.39 is 5.60 Å². The Labute approximate surface area is 106 Å². The van der Waals surface area contributed by atoms with Gasteiger partial charge in [0.1, 0.15) is 5.60 Å². The zero-order chi connectivity index (χ0) is 13.3. The monoisotopic (exact) mass is 244 g/mol. The molecule has 4 heteroatoms. The molecule has 0 saturated carbocycles. The summed E-state index contributed by atoms with van der Waals surface area (Å²) in [6.45, 7) is 13.0. The van der Waals surface area contributed by atoms with Gasteiger partial charge in [0.25, 0.3) is 0 Å². The highest BCUT2D eigenvalue weighted by atomic mass is 16.6. The van der Waals surface area contributed by atoms with Crippen molar-refractivity contribution in [2.45, 2.75) is 53.1 Å². The van der Waals surface area contributed by atoms with E-state index in [0.717, 1.165) is 13.1 Å². The summed E-state index contributed by atoms with van der Waals surface area (Å²) in [4.78, 5) is 13.5. The van der Waals surface area contributed by atoms with Crippen LogP contribution < -0.4 is 5.32 Å². The summed E-state index contributed by atoms with van der Waals surface area (Å²) in [7, 11) is 0. The molecule has 0 rings (SSSR count). The highest BCUT2D eigenvalue weighted by Gasteiger charge is 2.20. The summed E-state index contributed by atoms with van der Waals surface area (Å²) < 4.78 is 5.33. The second-order valence-electron chi connectivity index (χ2n) is 5.16. The van der Waals surface area contributed by atoms with E-state index in [0.29, 0.717) is 13.1 Å². The van der Waals surface area contributed by atoms with Crippen LogP contribution in [-0.4, -0.2) is 42.8 Å². The molecular weight excluding hydrogens is 216 g/mol. The maximum absolute atomic E-state index is 11.8. The van der Waals surface area contributed by atoms with Crippen LogP contribution in [0.2, 0.25) is 0 Å². The van der Waals surface area contributed by atoms with Crippen LogP contribution in [0.3, 0.4) is 0 Å². The van der Waals surface area contributed by atoms with Crippen LogP contribution in [-0.2, 0) is 4.74 Å². The summed E-state index contributed by atoms with van der Waals surface area (Å²) in [5.74, 6) is 0. The zero-order valence-electron chi connectivity index (χ0n) is 12.0. The molecule has 0 spiro atoms. The Balaban J connectivity index is 3.86. The molecule has 0 aliphatic carbocycles. The lowest BCUT2D eigenvalue weighted by Crippen LogP contribution is -2.40. The number of carbonyl (C=O) groups is 1. The van der Waals surface area contributed by atoms with Crippen molar-refractivity contribution >= 4 is 6.09 Å². The highest BCUT2D eigenvalue weighted by Crippen LogP contribution is 2.09. The highest BCUT2D eigenvalue weighted by molar-refractivity contribution is 5.68. The standard InChI is InChI=1S/C13H28N2O2/c1-6-8-9-14-10-11-15(7-2)12(16)17-13(3,4)5/h14H,6-11H2,1-5H3. The molecule has 0 radical (unpaired) electrons. The number of nitrogens with zero attached hydrogens (tertiary/aromatic N) is 1. The predicted molar refractivity (Wildman–Crippen MR) is 71.3 cm³/mol. The van der Waals surface area contributed by atoms with Crippen LogP contribution in [0.25, 0.3) is 0 Å². The molecule has 1 amide bonds. The van der Waals surface area contributed by atoms with Gasteiger partial charge in [-0.05, 0) is 40.7 Å². The Morgan fingerprint density at radius 2 is 1.88 bits per heavy atom. The number of ether oxygens (including phenoxy) is 1. The molecule has 0 aromatic rings. The Kier molecular flexibility index (Phi) is 7.96. The van der Waals surface area contributed by atoms with E-state index >= 15 is 0 Å². The molecule has 0 fully saturated rings. The summed E-state index contributed by atoms with van der Waals surface area (Å²) in [5, 5.41) is 3.32. The van der Waals surface area contributed by atoms with Gasteiger partial charge in [-0.25, -0.2) is 4.79 Å². The molecule has 0 unspecified atom stereocenters. The van der Waals surface area contributed by atoms with E-state index in [2.05, 4.69) is 12.2 Å². The lowest BCUT2D eigenvalue weighted by Gasteiger charge is -2.26. The Morgan fingerprint density at radius 3 is 2.35 bits per heavy atom.